The second kappa shape index (κ2) is 5.16. The fourth-order valence-corrected chi connectivity index (χ4v) is 1.80. The minimum absolute atomic E-state index is 0.192. The molecule has 0 aliphatic heterocycles. The molecule has 2 rings (SSSR count). The molecule has 5 heteroatoms. The molecule has 18 heavy (non-hydrogen) atoms. The summed E-state index contributed by atoms with van der Waals surface area (Å²) in [6.45, 7) is 0.0908. The fourth-order valence-electron chi connectivity index (χ4n) is 1.80. The smallest absolute Gasteiger partial charge is 0.323 e. The number of nitrogens with zero attached hydrogens (tertiary/aromatic N) is 1. The van der Waals surface area contributed by atoms with E-state index in [1.807, 2.05) is 0 Å². The van der Waals surface area contributed by atoms with Gasteiger partial charge in [-0.3, -0.25) is 9.59 Å². The van der Waals surface area contributed by atoms with Gasteiger partial charge in [0.05, 0.1) is 0 Å². The minimum atomic E-state index is -1.06. The molecule has 1 fully saturated rings. The number of rotatable bonds is 5. The standard InChI is InChI=1S/C13H14FNO3/c14-11-3-1-2-10(6-11)13(18)15(8-12(16)17)7-9-4-5-9/h1-3,6,9H,4-5,7-8H2,(H,16,17). The van der Waals surface area contributed by atoms with Crippen LogP contribution in [0.2, 0.25) is 0 Å². The summed E-state index contributed by atoms with van der Waals surface area (Å²) in [6.07, 6.45) is 2.04. The number of carboxylic acids is 1. The summed E-state index contributed by atoms with van der Waals surface area (Å²) in [5, 5.41) is 8.80. The van der Waals surface area contributed by atoms with Gasteiger partial charge in [-0.2, -0.15) is 0 Å². The van der Waals surface area contributed by atoms with Gasteiger partial charge in [0.15, 0.2) is 0 Å². The lowest BCUT2D eigenvalue weighted by Gasteiger charge is -2.20. The molecule has 1 amide bonds. The molecule has 1 aromatic rings. The normalized spacial score (nSPS) is 14.3. The van der Waals surface area contributed by atoms with Gasteiger partial charge < -0.3 is 10.0 Å². The zero-order valence-corrected chi connectivity index (χ0v) is 9.80. The largest absolute Gasteiger partial charge is 0.480 e. The van der Waals surface area contributed by atoms with E-state index in [1.165, 1.54) is 23.1 Å². The van der Waals surface area contributed by atoms with Gasteiger partial charge in [0.1, 0.15) is 12.4 Å². The average Bonchev–Trinajstić information content (AvgIpc) is 3.10. The van der Waals surface area contributed by atoms with Gasteiger partial charge in [-0.15, -0.1) is 0 Å². The lowest BCUT2D eigenvalue weighted by Crippen LogP contribution is -2.37. The van der Waals surface area contributed by atoms with E-state index in [-0.39, 0.29) is 12.1 Å². The number of hydrogen-bond donors (Lipinski definition) is 1. The summed E-state index contributed by atoms with van der Waals surface area (Å²) >= 11 is 0. The Morgan fingerprint density at radius 3 is 2.67 bits per heavy atom. The second-order valence-corrected chi connectivity index (χ2v) is 4.53. The first-order chi connectivity index (χ1) is 8.56. The van der Waals surface area contributed by atoms with Crippen LogP contribution in [0.4, 0.5) is 4.39 Å². The zero-order chi connectivity index (χ0) is 13.1. The Labute approximate surface area is 104 Å². The first-order valence-electron chi connectivity index (χ1n) is 5.83. The Kier molecular flexibility index (Phi) is 3.60. The highest BCUT2D eigenvalue weighted by Crippen LogP contribution is 2.30. The Hall–Kier alpha value is -1.91. The number of benzene rings is 1. The molecule has 1 saturated carbocycles. The van der Waals surface area contributed by atoms with Gasteiger partial charge in [0, 0.05) is 12.1 Å². The van der Waals surface area contributed by atoms with Crippen molar-refractivity contribution >= 4 is 11.9 Å². The van der Waals surface area contributed by atoms with Crippen molar-refractivity contribution in [3.8, 4) is 0 Å². The molecule has 0 atom stereocenters. The summed E-state index contributed by atoms with van der Waals surface area (Å²) in [7, 11) is 0. The van der Waals surface area contributed by atoms with E-state index in [1.54, 1.807) is 0 Å². The molecule has 1 aromatic carbocycles. The van der Waals surface area contributed by atoms with Crippen LogP contribution in [0, 0.1) is 11.7 Å². The number of carbonyl (C=O) groups is 2. The van der Waals surface area contributed by atoms with Crippen molar-refractivity contribution in [1.82, 2.24) is 4.90 Å². The highest BCUT2D eigenvalue weighted by molar-refractivity contribution is 5.95. The van der Waals surface area contributed by atoms with Crippen molar-refractivity contribution in [2.45, 2.75) is 12.8 Å². The summed E-state index contributed by atoms with van der Waals surface area (Å²) in [5.74, 6) is -1.59. The first-order valence-corrected chi connectivity index (χ1v) is 5.83. The Morgan fingerprint density at radius 2 is 2.11 bits per heavy atom. The summed E-state index contributed by atoms with van der Waals surface area (Å²) in [6, 6.07) is 5.31. The third-order valence-corrected chi connectivity index (χ3v) is 2.86. The van der Waals surface area contributed by atoms with E-state index in [0.29, 0.717) is 12.5 Å². The van der Waals surface area contributed by atoms with Crippen molar-refractivity contribution in [1.29, 1.82) is 0 Å². The van der Waals surface area contributed by atoms with Crippen LogP contribution in [0.3, 0.4) is 0 Å². The molecule has 1 N–H and O–H groups in total. The van der Waals surface area contributed by atoms with E-state index in [9.17, 15) is 14.0 Å². The lowest BCUT2D eigenvalue weighted by atomic mass is 10.2. The third-order valence-electron chi connectivity index (χ3n) is 2.86. The third kappa shape index (κ3) is 3.29. The molecule has 1 aliphatic rings. The SMILES string of the molecule is O=C(O)CN(CC1CC1)C(=O)c1cccc(F)c1. The van der Waals surface area contributed by atoms with E-state index >= 15 is 0 Å². The molecular formula is C13H14FNO3. The highest BCUT2D eigenvalue weighted by atomic mass is 19.1. The molecule has 0 spiro atoms. The molecule has 0 saturated heterocycles. The molecule has 4 nitrogen and oxygen atoms in total. The zero-order valence-electron chi connectivity index (χ0n) is 9.80. The van der Waals surface area contributed by atoms with E-state index < -0.39 is 17.7 Å². The lowest BCUT2D eigenvalue weighted by molar-refractivity contribution is -0.137. The van der Waals surface area contributed by atoms with Crippen molar-refractivity contribution in [3.63, 3.8) is 0 Å². The first kappa shape index (κ1) is 12.5. The number of aliphatic carboxylic acids is 1. The Morgan fingerprint density at radius 1 is 1.39 bits per heavy atom. The second-order valence-electron chi connectivity index (χ2n) is 4.53. The maximum Gasteiger partial charge on any atom is 0.323 e. The van der Waals surface area contributed by atoms with Crippen LogP contribution in [0.5, 0.6) is 0 Å². The molecule has 96 valence electrons. The van der Waals surface area contributed by atoms with Crippen LogP contribution in [0.15, 0.2) is 24.3 Å². The Bertz CT molecular complexity index is 471. The van der Waals surface area contributed by atoms with Gasteiger partial charge in [-0.05, 0) is 37.0 Å². The monoisotopic (exact) mass is 251 g/mol. The molecule has 0 unspecified atom stereocenters. The summed E-state index contributed by atoms with van der Waals surface area (Å²) in [5.41, 5.74) is 0.192. The van der Waals surface area contributed by atoms with Crippen LogP contribution in [-0.2, 0) is 4.79 Å². The molecular weight excluding hydrogens is 237 g/mol. The molecule has 0 heterocycles. The molecule has 0 bridgehead atoms. The molecule has 0 radical (unpaired) electrons. The van der Waals surface area contributed by atoms with E-state index in [0.717, 1.165) is 18.9 Å². The van der Waals surface area contributed by atoms with Gasteiger partial charge in [-0.25, -0.2) is 4.39 Å². The molecule has 1 aliphatic carbocycles. The van der Waals surface area contributed by atoms with Crippen molar-refractivity contribution in [2.75, 3.05) is 13.1 Å². The van der Waals surface area contributed by atoms with Crippen LogP contribution in [-0.4, -0.2) is 35.0 Å². The van der Waals surface area contributed by atoms with Crippen LogP contribution in [0.1, 0.15) is 23.2 Å². The highest BCUT2D eigenvalue weighted by Gasteiger charge is 2.28. The topological polar surface area (TPSA) is 57.6 Å². The van der Waals surface area contributed by atoms with Crippen molar-refractivity contribution in [3.05, 3.63) is 35.6 Å². The van der Waals surface area contributed by atoms with Gasteiger partial charge in [0.2, 0.25) is 0 Å². The number of halogens is 1. The van der Waals surface area contributed by atoms with E-state index in [2.05, 4.69) is 0 Å². The predicted octanol–water partition coefficient (Wildman–Crippen LogP) is 1.76. The van der Waals surface area contributed by atoms with Crippen LogP contribution >= 0.6 is 0 Å². The van der Waals surface area contributed by atoms with Crippen LogP contribution in [0.25, 0.3) is 0 Å². The van der Waals surface area contributed by atoms with Crippen molar-refractivity contribution in [2.24, 2.45) is 5.92 Å². The number of amides is 1. The number of hydrogen-bond acceptors (Lipinski definition) is 2. The Balaban J connectivity index is 2.12. The maximum absolute atomic E-state index is 13.0. The van der Waals surface area contributed by atoms with Gasteiger partial charge in [0.25, 0.3) is 5.91 Å². The van der Waals surface area contributed by atoms with E-state index in [4.69, 9.17) is 5.11 Å². The maximum atomic E-state index is 13.0. The predicted molar refractivity (Wildman–Crippen MR) is 62.7 cm³/mol. The fraction of sp³-hybridized carbons (Fsp3) is 0.385. The van der Waals surface area contributed by atoms with Crippen LogP contribution < -0.4 is 0 Å². The van der Waals surface area contributed by atoms with Crippen molar-refractivity contribution < 1.29 is 19.1 Å². The van der Waals surface area contributed by atoms with Gasteiger partial charge >= 0.3 is 5.97 Å². The molecule has 0 aromatic heterocycles. The van der Waals surface area contributed by atoms with Gasteiger partial charge in [-0.1, -0.05) is 6.07 Å². The average molecular weight is 251 g/mol. The quantitative estimate of drug-likeness (QED) is 0.867. The summed E-state index contributed by atoms with van der Waals surface area (Å²) < 4.78 is 13.0. The minimum Gasteiger partial charge on any atom is -0.480 e. The summed E-state index contributed by atoms with van der Waals surface area (Å²) in [4.78, 5) is 24.1. The number of carbonyl (C=O) groups excluding carboxylic acids is 1. The number of carboxylic acid groups (broad SMARTS) is 1.